The first kappa shape index (κ1) is 17.5. The lowest BCUT2D eigenvalue weighted by Crippen LogP contribution is -2.33. The molecule has 2 N–H and O–H groups in total. The summed E-state index contributed by atoms with van der Waals surface area (Å²) < 4.78 is 36.2. The molecule has 0 saturated heterocycles. The maximum atomic E-state index is 13.2. The van der Waals surface area contributed by atoms with Crippen LogP contribution in [0.2, 0.25) is 0 Å². The Balaban J connectivity index is 2.35. The van der Waals surface area contributed by atoms with Gasteiger partial charge in [0.05, 0.1) is 13.4 Å². The fraction of sp³-hybridized carbons (Fsp3) is 0.250. The third-order valence-electron chi connectivity index (χ3n) is 3.41. The van der Waals surface area contributed by atoms with E-state index in [0.717, 1.165) is 6.07 Å². The highest BCUT2D eigenvalue weighted by Gasteiger charge is 2.28. The van der Waals surface area contributed by atoms with Crippen LogP contribution in [-0.4, -0.2) is 30.5 Å². The van der Waals surface area contributed by atoms with Crippen molar-refractivity contribution in [3.8, 4) is 5.75 Å². The lowest BCUT2D eigenvalue weighted by atomic mass is 10.0. The Labute approximate surface area is 136 Å². The normalized spacial score (nSPS) is 12.0. The summed E-state index contributed by atoms with van der Waals surface area (Å²) in [6.45, 7) is 1.55. The summed E-state index contributed by atoms with van der Waals surface area (Å²) in [6, 6.07) is 3.57. The Kier molecular flexibility index (Phi) is 5.18. The number of methoxy groups -OCH3 is 1. The maximum absolute atomic E-state index is 13.2. The molecular weight excluding hydrogens is 324 g/mol. The molecule has 8 heteroatoms. The van der Waals surface area contributed by atoms with Gasteiger partial charge in [-0.05, 0) is 36.8 Å². The second-order valence-corrected chi connectivity index (χ2v) is 4.97. The number of alkyl halides is 2. The molecule has 0 unspecified atom stereocenters. The van der Waals surface area contributed by atoms with Crippen molar-refractivity contribution in [1.29, 1.82) is 0 Å². The van der Waals surface area contributed by atoms with Crippen LogP contribution in [0.25, 0.3) is 0 Å². The van der Waals surface area contributed by atoms with Crippen LogP contribution >= 0.6 is 0 Å². The lowest BCUT2D eigenvalue weighted by Gasteiger charge is -2.17. The van der Waals surface area contributed by atoms with Crippen LogP contribution < -0.4 is 10.1 Å². The van der Waals surface area contributed by atoms with Crippen LogP contribution in [0.3, 0.4) is 0 Å². The minimum Gasteiger partial charge on any atom is -0.496 e. The lowest BCUT2D eigenvalue weighted by molar-refractivity contribution is 0.0687. The number of carbonyl (C=O) groups is 2. The summed E-state index contributed by atoms with van der Waals surface area (Å²) in [5, 5.41) is 11.3. The number of carboxylic acid groups (broad SMARTS) is 1. The van der Waals surface area contributed by atoms with Gasteiger partial charge in [0, 0.05) is 5.56 Å². The second-order valence-electron chi connectivity index (χ2n) is 4.97. The molecule has 6 nitrogen and oxygen atoms in total. The minimum atomic E-state index is -2.89. The van der Waals surface area contributed by atoms with Crippen LogP contribution in [0.5, 0.6) is 5.75 Å². The van der Waals surface area contributed by atoms with Crippen LogP contribution in [0, 0.1) is 6.92 Å². The molecule has 24 heavy (non-hydrogen) atoms. The Morgan fingerprint density at radius 3 is 2.50 bits per heavy atom. The molecule has 2 rings (SSSR count). The van der Waals surface area contributed by atoms with Crippen molar-refractivity contribution < 1.29 is 32.6 Å². The summed E-state index contributed by atoms with van der Waals surface area (Å²) in [6.07, 6.45) is -1.67. The van der Waals surface area contributed by atoms with E-state index < -0.39 is 24.3 Å². The summed E-state index contributed by atoms with van der Waals surface area (Å²) in [4.78, 5) is 23.6. The molecular formula is C16H15F2NO5. The second kappa shape index (κ2) is 7.12. The molecule has 0 aliphatic rings. The van der Waals surface area contributed by atoms with Crippen molar-refractivity contribution in [3.05, 3.63) is 53.0 Å². The highest BCUT2D eigenvalue weighted by atomic mass is 19.3. The number of carbonyl (C=O) groups excluding carboxylic acids is 1. The molecule has 0 aliphatic heterocycles. The highest BCUT2D eigenvalue weighted by Crippen LogP contribution is 2.26. The Bertz CT molecular complexity index is 743. The fourth-order valence-electron chi connectivity index (χ4n) is 2.21. The number of hydrogen-bond acceptors (Lipinski definition) is 4. The summed E-state index contributed by atoms with van der Waals surface area (Å²) >= 11 is 0. The number of hydrogen-bond donors (Lipinski definition) is 2. The van der Waals surface area contributed by atoms with Gasteiger partial charge in [-0.3, -0.25) is 4.79 Å². The zero-order valence-corrected chi connectivity index (χ0v) is 12.9. The monoisotopic (exact) mass is 339 g/mol. The fourth-order valence-corrected chi connectivity index (χ4v) is 2.21. The van der Waals surface area contributed by atoms with E-state index in [0.29, 0.717) is 5.56 Å². The first-order chi connectivity index (χ1) is 11.3. The van der Waals surface area contributed by atoms with Crippen molar-refractivity contribution in [1.82, 2.24) is 5.32 Å². The standard InChI is InChI=1S/C16H15F2NO5/c1-8-6-12(23-2)10(16(21)22)7-9(8)15(20)19-13(14(17)18)11-4-3-5-24-11/h3-7,13-14H,1-2H3,(H,19,20)(H,21,22)/t13-/m1/s1. The topological polar surface area (TPSA) is 88.8 Å². The molecule has 128 valence electrons. The minimum absolute atomic E-state index is 0.0367. The first-order valence-electron chi connectivity index (χ1n) is 6.89. The van der Waals surface area contributed by atoms with Gasteiger partial charge < -0.3 is 19.6 Å². The molecule has 0 fully saturated rings. The number of nitrogens with one attached hydrogen (secondary N) is 1. The number of rotatable bonds is 6. The smallest absolute Gasteiger partial charge is 0.339 e. The van der Waals surface area contributed by atoms with E-state index in [9.17, 15) is 18.4 Å². The van der Waals surface area contributed by atoms with Gasteiger partial charge in [0.2, 0.25) is 0 Å². The van der Waals surface area contributed by atoms with E-state index in [1.165, 1.54) is 31.6 Å². The quantitative estimate of drug-likeness (QED) is 0.844. The van der Waals surface area contributed by atoms with E-state index in [4.69, 9.17) is 14.3 Å². The van der Waals surface area contributed by atoms with Gasteiger partial charge >= 0.3 is 5.97 Å². The van der Waals surface area contributed by atoms with E-state index in [-0.39, 0.29) is 22.6 Å². The van der Waals surface area contributed by atoms with Gasteiger partial charge in [-0.25, -0.2) is 13.6 Å². The van der Waals surface area contributed by atoms with Gasteiger partial charge in [0.1, 0.15) is 23.1 Å². The van der Waals surface area contributed by atoms with Crippen molar-refractivity contribution in [2.75, 3.05) is 7.11 Å². The van der Waals surface area contributed by atoms with Crippen molar-refractivity contribution in [2.45, 2.75) is 19.4 Å². The van der Waals surface area contributed by atoms with Crippen molar-refractivity contribution in [3.63, 3.8) is 0 Å². The van der Waals surface area contributed by atoms with Gasteiger partial charge in [-0.2, -0.15) is 0 Å². The van der Waals surface area contributed by atoms with Crippen LogP contribution in [0.4, 0.5) is 8.78 Å². The predicted molar refractivity (Wildman–Crippen MR) is 79.6 cm³/mol. The average Bonchev–Trinajstić information content (AvgIpc) is 3.05. The Morgan fingerprint density at radius 1 is 1.29 bits per heavy atom. The molecule has 2 aromatic rings. The molecule has 0 spiro atoms. The summed E-state index contributed by atoms with van der Waals surface area (Å²) in [7, 11) is 1.30. The van der Waals surface area contributed by atoms with E-state index in [2.05, 4.69) is 5.32 Å². The van der Waals surface area contributed by atoms with Crippen molar-refractivity contribution in [2.24, 2.45) is 0 Å². The summed E-state index contributed by atoms with van der Waals surface area (Å²) in [5.41, 5.74) is 0.118. The Morgan fingerprint density at radius 2 is 2.00 bits per heavy atom. The first-order valence-corrected chi connectivity index (χ1v) is 6.89. The Hall–Kier alpha value is -2.90. The van der Waals surface area contributed by atoms with Crippen LogP contribution in [0.1, 0.15) is 38.1 Å². The van der Waals surface area contributed by atoms with E-state index in [1.54, 1.807) is 6.92 Å². The molecule has 0 bridgehead atoms. The van der Waals surface area contributed by atoms with Crippen LogP contribution in [-0.2, 0) is 0 Å². The third kappa shape index (κ3) is 3.53. The number of carboxylic acids is 1. The van der Waals surface area contributed by atoms with Gasteiger partial charge in [-0.15, -0.1) is 0 Å². The maximum Gasteiger partial charge on any atom is 0.339 e. The summed E-state index contributed by atoms with van der Waals surface area (Å²) in [5.74, 6) is -2.15. The molecule has 1 atom stereocenters. The van der Waals surface area contributed by atoms with E-state index >= 15 is 0 Å². The number of benzene rings is 1. The molecule has 1 amide bonds. The van der Waals surface area contributed by atoms with Gasteiger partial charge in [0.15, 0.2) is 0 Å². The number of halogens is 2. The zero-order chi connectivity index (χ0) is 17.9. The predicted octanol–water partition coefficient (Wildman–Crippen LogP) is 3.03. The molecule has 1 heterocycles. The number of furan rings is 1. The van der Waals surface area contributed by atoms with Crippen molar-refractivity contribution >= 4 is 11.9 Å². The van der Waals surface area contributed by atoms with Gasteiger partial charge in [-0.1, -0.05) is 0 Å². The third-order valence-corrected chi connectivity index (χ3v) is 3.41. The number of ether oxygens (including phenoxy) is 1. The number of aromatic carboxylic acids is 1. The molecule has 1 aromatic carbocycles. The molecule has 0 saturated carbocycles. The number of amides is 1. The zero-order valence-electron chi connectivity index (χ0n) is 12.9. The average molecular weight is 339 g/mol. The SMILES string of the molecule is COc1cc(C)c(C(=O)N[C@H](c2ccco2)C(F)F)cc1C(=O)O. The van der Waals surface area contributed by atoms with Gasteiger partial charge in [0.25, 0.3) is 12.3 Å². The largest absolute Gasteiger partial charge is 0.496 e. The number of aryl methyl sites for hydroxylation is 1. The van der Waals surface area contributed by atoms with E-state index in [1.807, 2.05) is 0 Å². The molecule has 0 aliphatic carbocycles. The highest BCUT2D eigenvalue weighted by molar-refractivity contribution is 6.00. The van der Waals surface area contributed by atoms with Crippen LogP contribution in [0.15, 0.2) is 34.9 Å². The molecule has 1 aromatic heterocycles. The molecule has 0 radical (unpaired) electrons.